The summed E-state index contributed by atoms with van der Waals surface area (Å²) in [6, 6.07) is 4.49. The molecule has 0 radical (unpaired) electrons. The van der Waals surface area contributed by atoms with Gasteiger partial charge in [0.2, 0.25) is 0 Å². The molecule has 3 atom stereocenters. The molecule has 2 heterocycles. The summed E-state index contributed by atoms with van der Waals surface area (Å²) < 4.78 is 5.62. The highest BCUT2D eigenvalue weighted by Gasteiger charge is 2.23. The molecule has 17 heavy (non-hydrogen) atoms. The van der Waals surface area contributed by atoms with Crippen LogP contribution in [-0.4, -0.2) is 30.3 Å². The molecule has 0 saturated carbocycles. The highest BCUT2D eigenvalue weighted by atomic mass is 16.5. The van der Waals surface area contributed by atoms with Crippen molar-refractivity contribution >= 4 is 5.69 Å². The second-order valence-electron chi connectivity index (χ2n) is 4.88. The number of pyridine rings is 1. The number of hydrogen-bond donors (Lipinski definition) is 1. The normalized spacial score (nSPS) is 26.9. The SMILES string of the molecule is CC1CN(c2ccc([C@@H](C)N)nc2)C(C)CO1. The van der Waals surface area contributed by atoms with E-state index in [0.29, 0.717) is 6.04 Å². The topological polar surface area (TPSA) is 51.4 Å². The first-order valence-electron chi connectivity index (χ1n) is 6.17. The number of aromatic nitrogens is 1. The van der Waals surface area contributed by atoms with Gasteiger partial charge in [0.05, 0.1) is 30.3 Å². The molecule has 1 saturated heterocycles. The Morgan fingerprint density at radius 3 is 2.82 bits per heavy atom. The summed E-state index contributed by atoms with van der Waals surface area (Å²) in [5.41, 5.74) is 7.88. The van der Waals surface area contributed by atoms with Crippen LogP contribution in [0.5, 0.6) is 0 Å². The van der Waals surface area contributed by atoms with E-state index in [4.69, 9.17) is 10.5 Å². The van der Waals surface area contributed by atoms with E-state index >= 15 is 0 Å². The second kappa shape index (κ2) is 5.02. The van der Waals surface area contributed by atoms with Crippen molar-refractivity contribution in [3.8, 4) is 0 Å². The second-order valence-corrected chi connectivity index (χ2v) is 4.88. The quantitative estimate of drug-likeness (QED) is 0.848. The molecule has 0 aliphatic carbocycles. The molecule has 94 valence electrons. The Labute approximate surface area is 103 Å². The molecule has 4 heteroatoms. The standard InChI is InChI=1S/C13H21N3O/c1-9-8-17-10(2)7-16(9)12-4-5-13(11(3)14)15-6-12/h4-6,9-11H,7-8,14H2,1-3H3/t9?,10?,11-/m1/s1. The zero-order chi connectivity index (χ0) is 12.4. The van der Waals surface area contributed by atoms with E-state index in [9.17, 15) is 0 Å². The van der Waals surface area contributed by atoms with Crippen LogP contribution < -0.4 is 10.6 Å². The van der Waals surface area contributed by atoms with Gasteiger partial charge in [-0.1, -0.05) is 0 Å². The molecule has 2 N–H and O–H groups in total. The van der Waals surface area contributed by atoms with Crippen molar-refractivity contribution in [2.24, 2.45) is 5.73 Å². The van der Waals surface area contributed by atoms with Crippen molar-refractivity contribution in [3.63, 3.8) is 0 Å². The summed E-state index contributed by atoms with van der Waals surface area (Å²) in [5.74, 6) is 0. The fourth-order valence-corrected chi connectivity index (χ4v) is 2.10. The van der Waals surface area contributed by atoms with Crippen LogP contribution in [0.3, 0.4) is 0 Å². The van der Waals surface area contributed by atoms with Crippen molar-refractivity contribution in [1.82, 2.24) is 4.98 Å². The number of anilines is 1. The van der Waals surface area contributed by atoms with Gasteiger partial charge in [0.15, 0.2) is 0 Å². The Bertz CT molecular complexity index is 363. The van der Waals surface area contributed by atoms with Gasteiger partial charge in [0.1, 0.15) is 0 Å². The van der Waals surface area contributed by atoms with E-state index in [1.165, 1.54) is 0 Å². The van der Waals surface area contributed by atoms with Gasteiger partial charge in [-0.05, 0) is 32.9 Å². The third-order valence-corrected chi connectivity index (χ3v) is 3.18. The van der Waals surface area contributed by atoms with Crippen molar-refractivity contribution in [1.29, 1.82) is 0 Å². The fourth-order valence-electron chi connectivity index (χ4n) is 2.10. The molecule has 1 fully saturated rings. The number of rotatable bonds is 2. The van der Waals surface area contributed by atoms with Crippen molar-refractivity contribution in [3.05, 3.63) is 24.0 Å². The third kappa shape index (κ3) is 2.76. The predicted octanol–water partition coefficient (Wildman–Crippen LogP) is 1.71. The van der Waals surface area contributed by atoms with Crippen molar-refractivity contribution in [2.45, 2.75) is 39.0 Å². The lowest BCUT2D eigenvalue weighted by atomic mass is 10.1. The van der Waals surface area contributed by atoms with Gasteiger partial charge in [-0.25, -0.2) is 0 Å². The van der Waals surface area contributed by atoms with Crippen LogP contribution in [0.2, 0.25) is 0 Å². The van der Waals surface area contributed by atoms with E-state index in [2.05, 4.69) is 29.8 Å². The maximum absolute atomic E-state index is 5.80. The van der Waals surface area contributed by atoms with Crippen LogP contribution in [0.4, 0.5) is 5.69 Å². The fraction of sp³-hybridized carbons (Fsp3) is 0.615. The van der Waals surface area contributed by atoms with E-state index in [-0.39, 0.29) is 12.1 Å². The molecular formula is C13H21N3O. The van der Waals surface area contributed by atoms with Crippen LogP contribution in [0, 0.1) is 0 Å². The highest BCUT2D eigenvalue weighted by Crippen LogP contribution is 2.21. The maximum Gasteiger partial charge on any atom is 0.0723 e. The highest BCUT2D eigenvalue weighted by molar-refractivity contribution is 5.46. The molecule has 4 nitrogen and oxygen atoms in total. The Morgan fingerprint density at radius 2 is 2.24 bits per heavy atom. The lowest BCUT2D eigenvalue weighted by Gasteiger charge is -2.38. The Morgan fingerprint density at radius 1 is 1.47 bits per heavy atom. The molecule has 0 aromatic carbocycles. The first-order chi connectivity index (χ1) is 8.08. The molecule has 2 unspecified atom stereocenters. The van der Waals surface area contributed by atoms with Crippen LogP contribution in [0.1, 0.15) is 32.5 Å². The van der Waals surface area contributed by atoms with E-state index < -0.39 is 0 Å². The smallest absolute Gasteiger partial charge is 0.0723 e. The zero-order valence-corrected chi connectivity index (χ0v) is 10.8. The lowest BCUT2D eigenvalue weighted by Crippen LogP contribution is -2.47. The zero-order valence-electron chi connectivity index (χ0n) is 10.8. The van der Waals surface area contributed by atoms with Gasteiger partial charge < -0.3 is 15.4 Å². The molecule has 1 aromatic heterocycles. The largest absolute Gasteiger partial charge is 0.375 e. The molecule has 0 amide bonds. The third-order valence-electron chi connectivity index (χ3n) is 3.18. The Balaban J connectivity index is 2.15. The average Bonchev–Trinajstić information content (AvgIpc) is 2.32. The monoisotopic (exact) mass is 235 g/mol. The van der Waals surface area contributed by atoms with Gasteiger partial charge in [-0.3, -0.25) is 4.98 Å². The first-order valence-corrected chi connectivity index (χ1v) is 6.17. The average molecular weight is 235 g/mol. The molecule has 1 aliphatic rings. The van der Waals surface area contributed by atoms with Gasteiger partial charge in [-0.2, -0.15) is 0 Å². The van der Waals surface area contributed by atoms with Crippen LogP contribution >= 0.6 is 0 Å². The number of ether oxygens (including phenoxy) is 1. The minimum atomic E-state index is -0.00918. The molecule has 0 bridgehead atoms. The molecular weight excluding hydrogens is 214 g/mol. The van der Waals surface area contributed by atoms with E-state index in [1.807, 2.05) is 19.2 Å². The molecule has 1 aliphatic heterocycles. The Kier molecular flexibility index (Phi) is 3.64. The first kappa shape index (κ1) is 12.3. The summed E-state index contributed by atoms with van der Waals surface area (Å²) in [6.45, 7) is 7.91. The lowest BCUT2D eigenvalue weighted by molar-refractivity contribution is 0.0343. The van der Waals surface area contributed by atoms with Gasteiger partial charge in [-0.15, -0.1) is 0 Å². The van der Waals surface area contributed by atoms with Gasteiger partial charge in [0, 0.05) is 18.6 Å². The van der Waals surface area contributed by atoms with Crippen LogP contribution in [-0.2, 0) is 4.74 Å². The number of morpholine rings is 1. The predicted molar refractivity (Wildman–Crippen MR) is 69.1 cm³/mol. The van der Waals surface area contributed by atoms with Gasteiger partial charge in [0.25, 0.3) is 0 Å². The summed E-state index contributed by atoms with van der Waals surface area (Å²) >= 11 is 0. The van der Waals surface area contributed by atoms with Crippen LogP contribution in [0.15, 0.2) is 18.3 Å². The van der Waals surface area contributed by atoms with Crippen molar-refractivity contribution < 1.29 is 4.74 Å². The number of nitrogens with two attached hydrogens (primary N) is 1. The summed E-state index contributed by atoms with van der Waals surface area (Å²) in [6.07, 6.45) is 2.19. The van der Waals surface area contributed by atoms with Crippen LogP contribution in [0.25, 0.3) is 0 Å². The Hall–Kier alpha value is -1.13. The summed E-state index contributed by atoms with van der Waals surface area (Å²) in [7, 11) is 0. The number of nitrogens with zero attached hydrogens (tertiary/aromatic N) is 2. The minimum absolute atomic E-state index is 0.00918. The van der Waals surface area contributed by atoms with E-state index in [0.717, 1.165) is 24.5 Å². The summed E-state index contributed by atoms with van der Waals surface area (Å²) in [4.78, 5) is 6.74. The summed E-state index contributed by atoms with van der Waals surface area (Å²) in [5, 5.41) is 0. The maximum atomic E-state index is 5.80. The molecule has 2 rings (SSSR count). The van der Waals surface area contributed by atoms with Gasteiger partial charge >= 0.3 is 0 Å². The molecule has 0 spiro atoms. The minimum Gasteiger partial charge on any atom is -0.375 e. The number of hydrogen-bond acceptors (Lipinski definition) is 4. The van der Waals surface area contributed by atoms with Crippen molar-refractivity contribution in [2.75, 3.05) is 18.1 Å². The molecule has 1 aromatic rings. The van der Waals surface area contributed by atoms with E-state index in [1.54, 1.807) is 0 Å².